The quantitative estimate of drug-likeness (QED) is 0.152. The van der Waals surface area contributed by atoms with Gasteiger partial charge in [0.1, 0.15) is 11.2 Å². The average molecular weight is 752 g/mol. The molecule has 0 saturated heterocycles. The largest absolute Gasteiger partial charge is 0.456 e. The van der Waals surface area contributed by atoms with Crippen molar-refractivity contribution in [3.05, 3.63) is 206 Å². The molecule has 0 aliphatic heterocycles. The molecule has 0 amide bonds. The van der Waals surface area contributed by atoms with Crippen molar-refractivity contribution in [2.45, 2.75) is 0 Å². The first kappa shape index (κ1) is 33.1. The standard InChI is InChI=1S/C55H33N3O/c56-34-35-18-26-42(27-19-35)57(43-32-40-21-20-37-12-9-17-50-54(37)55(40)51(33-43)59-50)48-30-24-38-23-29-46-49(31-25-39-22-28-45(48)52(38)53(39)46)58(41-13-5-2-6-14-41)47-16-8-7-15-44(47)36-10-3-1-4-11-36/h1-33H. The van der Waals surface area contributed by atoms with Gasteiger partial charge in [0.15, 0.2) is 0 Å². The van der Waals surface area contributed by atoms with E-state index in [0.717, 1.165) is 72.4 Å². The van der Waals surface area contributed by atoms with Crippen LogP contribution >= 0.6 is 0 Å². The number of para-hydroxylation sites is 2. The van der Waals surface area contributed by atoms with Crippen LogP contribution in [0.4, 0.5) is 34.1 Å². The van der Waals surface area contributed by atoms with Crippen molar-refractivity contribution in [1.29, 1.82) is 5.26 Å². The van der Waals surface area contributed by atoms with Crippen LogP contribution in [-0.4, -0.2) is 0 Å². The third-order valence-corrected chi connectivity index (χ3v) is 11.9. The average Bonchev–Trinajstić information content (AvgIpc) is 3.69. The highest BCUT2D eigenvalue weighted by atomic mass is 16.3. The lowest BCUT2D eigenvalue weighted by atomic mass is 9.91. The fourth-order valence-corrected chi connectivity index (χ4v) is 9.36. The van der Waals surface area contributed by atoms with Gasteiger partial charge in [0.2, 0.25) is 0 Å². The zero-order chi connectivity index (χ0) is 39.0. The van der Waals surface area contributed by atoms with Crippen LogP contribution in [0.2, 0.25) is 0 Å². The van der Waals surface area contributed by atoms with Crippen molar-refractivity contribution in [1.82, 2.24) is 0 Å². The molecule has 0 aliphatic carbocycles. The first-order valence-corrected chi connectivity index (χ1v) is 19.9. The number of furan rings is 1. The molecule has 59 heavy (non-hydrogen) atoms. The van der Waals surface area contributed by atoms with Gasteiger partial charge in [-0.2, -0.15) is 5.26 Å². The lowest BCUT2D eigenvalue weighted by molar-refractivity contribution is 0.669. The molecule has 4 heteroatoms. The molecule has 274 valence electrons. The molecule has 0 fully saturated rings. The Labute approximate surface area is 340 Å². The topological polar surface area (TPSA) is 43.4 Å². The van der Waals surface area contributed by atoms with Crippen LogP contribution in [0, 0.1) is 11.3 Å². The Morgan fingerprint density at radius 1 is 0.373 bits per heavy atom. The molecule has 0 atom stereocenters. The molecular weight excluding hydrogens is 719 g/mol. The Hall–Kier alpha value is -8.13. The van der Waals surface area contributed by atoms with Gasteiger partial charge in [-0.1, -0.05) is 127 Å². The number of nitriles is 1. The summed E-state index contributed by atoms with van der Waals surface area (Å²) in [5.41, 5.74) is 11.0. The summed E-state index contributed by atoms with van der Waals surface area (Å²) in [6, 6.07) is 73.3. The van der Waals surface area contributed by atoms with Gasteiger partial charge in [-0.25, -0.2) is 0 Å². The molecule has 0 spiro atoms. The van der Waals surface area contributed by atoms with Gasteiger partial charge in [0.25, 0.3) is 0 Å². The normalized spacial score (nSPS) is 11.7. The van der Waals surface area contributed by atoms with E-state index in [2.05, 4.69) is 186 Å². The molecule has 11 aromatic carbocycles. The smallest absolute Gasteiger partial charge is 0.138 e. The molecule has 0 N–H and O–H groups in total. The van der Waals surface area contributed by atoms with E-state index < -0.39 is 0 Å². The number of benzene rings is 11. The van der Waals surface area contributed by atoms with Crippen molar-refractivity contribution in [3.63, 3.8) is 0 Å². The molecule has 0 unspecified atom stereocenters. The third kappa shape index (κ3) is 5.09. The number of hydrogen-bond donors (Lipinski definition) is 0. The number of anilines is 6. The zero-order valence-electron chi connectivity index (χ0n) is 31.8. The molecule has 0 bridgehead atoms. The van der Waals surface area contributed by atoms with E-state index >= 15 is 0 Å². The Balaban J connectivity index is 1.11. The molecule has 12 rings (SSSR count). The maximum atomic E-state index is 9.75. The summed E-state index contributed by atoms with van der Waals surface area (Å²) in [6.07, 6.45) is 0. The summed E-state index contributed by atoms with van der Waals surface area (Å²) in [4.78, 5) is 4.72. The molecule has 0 saturated carbocycles. The summed E-state index contributed by atoms with van der Waals surface area (Å²) in [5, 5.41) is 21.4. The predicted molar refractivity (Wildman–Crippen MR) is 246 cm³/mol. The Kier molecular flexibility index (Phi) is 7.26. The van der Waals surface area contributed by atoms with Gasteiger partial charge in [-0.3, -0.25) is 0 Å². The second kappa shape index (κ2) is 13.0. The lowest BCUT2D eigenvalue weighted by Gasteiger charge is -2.30. The highest BCUT2D eigenvalue weighted by Gasteiger charge is 2.24. The fraction of sp³-hybridized carbons (Fsp3) is 0. The molecule has 4 nitrogen and oxygen atoms in total. The first-order valence-electron chi connectivity index (χ1n) is 19.9. The van der Waals surface area contributed by atoms with E-state index in [9.17, 15) is 5.26 Å². The van der Waals surface area contributed by atoms with Crippen LogP contribution < -0.4 is 9.80 Å². The van der Waals surface area contributed by atoms with E-state index in [0.29, 0.717) is 5.56 Å². The SMILES string of the molecule is N#Cc1ccc(N(c2cc3ccc4cccc5oc(c2)c3c45)c2ccc3ccc4c(N(c5ccccc5)c5ccccc5-c5ccccc5)ccc5ccc2c3c54)cc1. The summed E-state index contributed by atoms with van der Waals surface area (Å²) >= 11 is 0. The van der Waals surface area contributed by atoms with Gasteiger partial charge in [0, 0.05) is 44.5 Å². The highest BCUT2D eigenvalue weighted by molar-refractivity contribution is 6.28. The summed E-state index contributed by atoms with van der Waals surface area (Å²) in [6.45, 7) is 0. The minimum atomic E-state index is 0.617. The molecule has 12 aromatic rings. The number of hydrogen-bond acceptors (Lipinski definition) is 4. The van der Waals surface area contributed by atoms with E-state index in [4.69, 9.17) is 4.42 Å². The number of nitrogens with zero attached hydrogens (tertiary/aromatic N) is 3. The summed E-state index contributed by atoms with van der Waals surface area (Å²) < 4.78 is 6.56. The summed E-state index contributed by atoms with van der Waals surface area (Å²) in [7, 11) is 0. The van der Waals surface area contributed by atoms with E-state index in [1.807, 2.05) is 30.3 Å². The maximum Gasteiger partial charge on any atom is 0.138 e. The second-order valence-electron chi connectivity index (χ2n) is 15.2. The Bertz CT molecular complexity index is 3570. The van der Waals surface area contributed by atoms with Crippen molar-refractivity contribution >= 4 is 99.2 Å². The fourth-order valence-electron chi connectivity index (χ4n) is 9.36. The van der Waals surface area contributed by atoms with Gasteiger partial charge < -0.3 is 14.2 Å². The molecular formula is C55H33N3O. The van der Waals surface area contributed by atoms with Crippen molar-refractivity contribution < 1.29 is 4.42 Å². The maximum absolute atomic E-state index is 9.75. The van der Waals surface area contributed by atoms with Crippen molar-refractivity contribution in [2.75, 3.05) is 9.80 Å². The van der Waals surface area contributed by atoms with Crippen LogP contribution in [0.15, 0.2) is 205 Å². The molecule has 0 aliphatic rings. The minimum Gasteiger partial charge on any atom is -0.456 e. The van der Waals surface area contributed by atoms with Crippen molar-refractivity contribution in [2.24, 2.45) is 0 Å². The van der Waals surface area contributed by atoms with Crippen molar-refractivity contribution in [3.8, 4) is 17.2 Å². The van der Waals surface area contributed by atoms with E-state index in [1.165, 1.54) is 37.9 Å². The number of rotatable bonds is 7. The monoisotopic (exact) mass is 751 g/mol. The third-order valence-electron chi connectivity index (χ3n) is 11.9. The van der Waals surface area contributed by atoms with Crippen LogP contribution in [0.25, 0.3) is 76.2 Å². The van der Waals surface area contributed by atoms with Crippen LogP contribution in [0.1, 0.15) is 5.56 Å². The highest BCUT2D eigenvalue weighted by Crippen LogP contribution is 2.50. The molecule has 1 heterocycles. The van der Waals surface area contributed by atoms with Crippen LogP contribution in [0.5, 0.6) is 0 Å². The van der Waals surface area contributed by atoms with Crippen LogP contribution in [0.3, 0.4) is 0 Å². The zero-order valence-corrected chi connectivity index (χ0v) is 31.8. The van der Waals surface area contributed by atoms with E-state index in [-0.39, 0.29) is 0 Å². The van der Waals surface area contributed by atoms with Crippen LogP contribution in [-0.2, 0) is 0 Å². The minimum absolute atomic E-state index is 0.617. The first-order chi connectivity index (χ1) is 29.2. The molecule has 0 radical (unpaired) electrons. The van der Waals surface area contributed by atoms with Gasteiger partial charge in [0.05, 0.1) is 34.4 Å². The van der Waals surface area contributed by atoms with Gasteiger partial charge in [-0.15, -0.1) is 0 Å². The van der Waals surface area contributed by atoms with Gasteiger partial charge in [-0.05, 0) is 105 Å². The van der Waals surface area contributed by atoms with Gasteiger partial charge >= 0.3 is 0 Å². The van der Waals surface area contributed by atoms with E-state index in [1.54, 1.807) is 0 Å². The second-order valence-corrected chi connectivity index (χ2v) is 15.2. The lowest BCUT2D eigenvalue weighted by Crippen LogP contribution is -2.12. The summed E-state index contributed by atoms with van der Waals surface area (Å²) in [5.74, 6) is 0. The molecule has 1 aromatic heterocycles. The Morgan fingerprint density at radius 3 is 1.68 bits per heavy atom. The Morgan fingerprint density at radius 2 is 0.949 bits per heavy atom. The predicted octanol–water partition coefficient (Wildman–Crippen LogP) is 15.6.